The number of piperidine rings is 1. The maximum atomic E-state index is 4.39. The molecule has 1 aromatic heterocycles. The van der Waals surface area contributed by atoms with Gasteiger partial charge in [-0.05, 0) is 31.8 Å². The second-order valence-electron chi connectivity index (χ2n) is 4.11. The maximum absolute atomic E-state index is 4.39. The largest absolute Gasteiger partial charge is 0.332 e. The lowest BCUT2D eigenvalue weighted by atomic mass is 9.86. The van der Waals surface area contributed by atoms with E-state index in [1.165, 1.54) is 31.8 Å². The molecule has 13 heavy (non-hydrogen) atoms. The highest BCUT2D eigenvalue weighted by molar-refractivity contribution is 5.02. The molecule has 0 radical (unpaired) electrons. The number of hydrogen-bond acceptors (Lipinski definition) is 2. The summed E-state index contributed by atoms with van der Waals surface area (Å²) < 4.78 is 2.40. The highest BCUT2D eigenvalue weighted by Crippen LogP contribution is 2.33. The summed E-state index contributed by atoms with van der Waals surface area (Å²) in [4.78, 5) is 4.39. The number of hydrogen-bond donors (Lipinski definition) is 1. The van der Waals surface area contributed by atoms with Crippen molar-refractivity contribution in [1.29, 1.82) is 0 Å². The van der Waals surface area contributed by atoms with Gasteiger partial charge in [0.05, 0.1) is 0 Å². The molecule has 1 aromatic rings. The predicted molar refractivity (Wildman–Crippen MR) is 50.6 cm³/mol. The average molecular weight is 177 g/mol. The molecule has 0 aromatic carbocycles. The number of nitrogens with zero attached hydrogens (tertiary/aromatic N) is 2. The molecule has 1 N–H and O–H groups in total. The quantitative estimate of drug-likeness (QED) is 0.640. The summed E-state index contributed by atoms with van der Waals surface area (Å²) in [6.07, 6.45) is 7.84. The van der Waals surface area contributed by atoms with Crippen LogP contribution in [0.5, 0.6) is 0 Å². The molecule has 2 aliphatic rings. The summed E-state index contributed by atoms with van der Waals surface area (Å²) >= 11 is 0. The maximum Gasteiger partial charge on any atom is 0.108 e. The van der Waals surface area contributed by atoms with Crippen LogP contribution in [0.3, 0.4) is 0 Å². The first-order valence-corrected chi connectivity index (χ1v) is 5.17. The lowest BCUT2D eigenvalue weighted by Crippen LogP contribution is -2.40. The van der Waals surface area contributed by atoms with Gasteiger partial charge in [0.1, 0.15) is 5.82 Å². The third-order valence-electron chi connectivity index (χ3n) is 3.41. The topological polar surface area (TPSA) is 29.9 Å². The van der Waals surface area contributed by atoms with Gasteiger partial charge in [0.25, 0.3) is 0 Å². The minimum Gasteiger partial charge on any atom is -0.332 e. The van der Waals surface area contributed by atoms with Gasteiger partial charge < -0.3 is 9.88 Å². The number of aryl methyl sites for hydroxylation is 1. The Bertz CT molecular complexity index is 305. The fraction of sp³-hybridized carbons (Fsp3) is 0.700. The zero-order chi connectivity index (χ0) is 8.67. The molecule has 0 bridgehead atoms. The minimum atomic E-state index is 0.729. The van der Waals surface area contributed by atoms with Gasteiger partial charge in [-0.1, -0.05) is 0 Å². The molecule has 2 aliphatic heterocycles. The van der Waals surface area contributed by atoms with Crippen LogP contribution in [0.25, 0.3) is 0 Å². The first-order chi connectivity index (χ1) is 6.45. The van der Waals surface area contributed by atoms with Crippen LogP contribution in [0, 0.1) is 5.92 Å². The molecule has 0 aliphatic carbocycles. The summed E-state index contributed by atoms with van der Waals surface area (Å²) in [5.74, 6) is 2.14. The van der Waals surface area contributed by atoms with Crippen LogP contribution in [-0.4, -0.2) is 22.6 Å². The van der Waals surface area contributed by atoms with Crippen LogP contribution < -0.4 is 5.32 Å². The normalized spacial score (nSPS) is 32.3. The van der Waals surface area contributed by atoms with Gasteiger partial charge >= 0.3 is 0 Å². The lowest BCUT2D eigenvalue weighted by Gasteiger charge is -2.37. The molecular weight excluding hydrogens is 162 g/mol. The zero-order valence-electron chi connectivity index (χ0n) is 7.74. The van der Waals surface area contributed by atoms with Crippen molar-refractivity contribution in [2.45, 2.75) is 25.3 Å². The Kier molecular flexibility index (Phi) is 1.65. The van der Waals surface area contributed by atoms with Crippen molar-refractivity contribution < 1.29 is 0 Å². The number of nitrogens with one attached hydrogen (secondary N) is 1. The SMILES string of the molecule is c1cn2c(n1)CCC1CNCCC12. The Morgan fingerprint density at radius 1 is 1.46 bits per heavy atom. The average Bonchev–Trinajstić information content (AvgIpc) is 2.65. The van der Waals surface area contributed by atoms with E-state index < -0.39 is 0 Å². The van der Waals surface area contributed by atoms with Crippen LogP contribution in [-0.2, 0) is 6.42 Å². The van der Waals surface area contributed by atoms with E-state index in [-0.39, 0.29) is 0 Å². The smallest absolute Gasteiger partial charge is 0.108 e. The van der Waals surface area contributed by atoms with Crippen LogP contribution in [0.4, 0.5) is 0 Å². The van der Waals surface area contributed by atoms with E-state index >= 15 is 0 Å². The second kappa shape index (κ2) is 2.84. The zero-order valence-corrected chi connectivity index (χ0v) is 7.74. The van der Waals surface area contributed by atoms with Gasteiger partial charge in [0, 0.05) is 24.9 Å². The predicted octanol–water partition coefficient (Wildman–Crippen LogP) is 0.980. The van der Waals surface area contributed by atoms with Crippen LogP contribution >= 0.6 is 0 Å². The standard InChI is InChI=1S/C10H15N3/c1-2-10-12-5-6-13(10)9-3-4-11-7-8(1)9/h5-6,8-9,11H,1-4,7H2. The Morgan fingerprint density at radius 2 is 2.46 bits per heavy atom. The highest BCUT2D eigenvalue weighted by atomic mass is 15.1. The molecule has 0 saturated carbocycles. The van der Waals surface area contributed by atoms with Gasteiger partial charge in [-0.2, -0.15) is 0 Å². The van der Waals surface area contributed by atoms with Gasteiger partial charge in [-0.15, -0.1) is 0 Å². The molecule has 3 heteroatoms. The van der Waals surface area contributed by atoms with Crippen molar-refractivity contribution in [3.8, 4) is 0 Å². The molecule has 2 atom stereocenters. The van der Waals surface area contributed by atoms with Crippen molar-refractivity contribution in [3.63, 3.8) is 0 Å². The molecule has 3 heterocycles. The third kappa shape index (κ3) is 1.10. The number of imidazole rings is 1. The first kappa shape index (κ1) is 7.56. The van der Waals surface area contributed by atoms with Crippen molar-refractivity contribution in [1.82, 2.24) is 14.9 Å². The molecule has 3 rings (SSSR count). The van der Waals surface area contributed by atoms with E-state index in [1.54, 1.807) is 0 Å². The second-order valence-corrected chi connectivity index (χ2v) is 4.11. The minimum absolute atomic E-state index is 0.729. The molecule has 2 unspecified atom stereocenters. The van der Waals surface area contributed by atoms with E-state index in [4.69, 9.17) is 0 Å². The third-order valence-corrected chi connectivity index (χ3v) is 3.41. The van der Waals surface area contributed by atoms with Crippen LogP contribution in [0.15, 0.2) is 12.4 Å². The molecule has 1 fully saturated rings. The van der Waals surface area contributed by atoms with E-state index in [0.29, 0.717) is 0 Å². The Morgan fingerprint density at radius 3 is 3.46 bits per heavy atom. The molecule has 0 amide bonds. The Balaban J connectivity index is 1.97. The van der Waals surface area contributed by atoms with E-state index in [1.807, 2.05) is 6.20 Å². The van der Waals surface area contributed by atoms with Crippen molar-refractivity contribution >= 4 is 0 Å². The molecule has 3 nitrogen and oxygen atoms in total. The Labute approximate surface area is 78.2 Å². The summed E-state index contributed by atoms with van der Waals surface area (Å²) in [5, 5.41) is 3.47. The molecule has 0 spiro atoms. The number of aromatic nitrogens is 2. The highest BCUT2D eigenvalue weighted by Gasteiger charge is 2.30. The first-order valence-electron chi connectivity index (χ1n) is 5.17. The fourth-order valence-corrected chi connectivity index (χ4v) is 2.72. The Hall–Kier alpha value is -0.830. The summed E-state index contributed by atoms with van der Waals surface area (Å²) in [6.45, 7) is 2.36. The van der Waals surface area contributed by atoms with E-state index in [9.17, 15) is 0 Å². The van der Waals surface area contributed by atoms with Crippen LogP contribution in [0.2, 0.25) is 0 Å². The monoisotopic (exact) mass is 177 g/mol. The van der Waals surface area contributed by atoms with Crippen LogP contribution in [0.1, 0.15) is 24.7 Å². The van der Waals surface area contributed by atoms with Gasteiger partial charge in [0.15, 0.2) is 0 Å². The van der Waals surface area contributed by atoms with Gasteiger partial charge in [-0.3, -0.25) is 0 Å². The van der Waals surface area contributed by atoms with E-state index in [0.717, 1.165) is 18.4 Å². The lowest BCUT2D eigenvalue weighted by molar-refractivity contribution is 0.213. The summed E-state index contributed by atoms with van der Waals surface area (Å²) in [6, 6.07) is 0.729. The number of fused-ring (bicyclic) bond motifs is 3. The van der Waals surface area contributed by atoms with Gasteiger partial charge in [0.2, 0.25) is 0 Å². The summed E-state index contributed by atoms with van der Waals surface area (Å²) in [5.41, 5.74) is 0. The fourth-order valence-electron chi connectivity index (χ4n) is 2.72. The molecule has 70 valence electrons. The molecular formula is C10H15N3. The molecule has 1 saturated heterocycles. The van der Waals surface area contributed by atoms with Crippen molar-refractivity contribution in [3.05, 3.63) is 18.2 Å². The summed E-state index contributed by atoms with van der Waals surface area (Å²) in [7, 11) is 0. The van der Waals surface area contributed by atoms with E-state index in [2.05, 4.69) is 21.1 Å². The van der Waals surface area contributed by atoms with Gasteiger partial charge in [-0.25, -0.2) is 4.98 Å². The van der Waals surface area contributed by atoms with Crippen molar-refractivity contribution in [2.24, 2.45) is 5.92 Å². The number of rotatable bonds is 0. The van der Waals surface area contributed by atoms with Crippen molar-refractivity contribution in [2.75, 3.05) is 13.1 Å².